The summed E-state index contributed by atoms with van der Waals surface area (Å²) in [5.41, 5.74) is 5.12. The molecule has 0 radical (unpaired) electrons. The van der Waals surface area contributed by atoms with Crippen LogP contribution in [0.2, 0.25) is 0 Å². The number of carbonyl (C=O) groups is 1. The van der Waals surface area contributed by atoms with Crippen LogP contribution in [0.4, 0.5) is 0 Å². The summed E-state index contributed by atoms with van der Waals surface area (Å²) in [7, 11) is 1.65. The van der Waals surface area contributed by atoms with Crippen LogP contribution in [0.5, 0.6) is 5.75 Å². The van der Waals surface area contributed by atoms with E-state index in [0.29, 0.717) is 4.88 Å². The van der Waals surface area contributed by atoms with E-state index in [9.17, 15) is 4.79 Å². The molecule has 0 saturated carbocycles. The van der Waals surface area contributed by atoms with Crippen LogP contribution >= 0.6 is 11.3 Å². The fourth-order valence-electron chi connectivity index (χ4n) is 3.56. The molecular formula is C24H18N2O3S. The Bertz CT molecular complexity index is 1320. The number of hydrogen-bond acceptors (Lipinski definition) is 4. The summed E-state index contributed by atoms with van der Waals surface area (Å²) in [6, 6.07) is 19.6. The zero-order valence-corrected chi connectivity index (χ0v) is 17.2. The number of methoxy groups -OCH3 is 1. The number of fused-ring (bicyclic) bond motifs is 1. The molecule has 0 amide bonds. The zero-order chi connectivity index (χ0) is 21.3. The van der Waals surface area contributed by atoms with E-state index in [1.54, 1.807) is 13.2 Å². The molecule has 0 unspecified atom stereocenters. The lowest BCUT2D eigenvalue weighted by molar-refractivity contribution is -0.132. The minimum Gasteiger partial charge on any atom is -0.497 e. The Balaban J connectivity index is 1.97. The van der Waals surface area contributed by atoms with E-state index >= 15 is 0 Å². The van der Waals surface area contributed by atoms with Gasteiger partial charge in [-0.3, -0.25) is 0 Å². The van der Waals surface area contributed by atoms with E-state index in [4.69, 9.17) is 15.1 Å². The number of nitrogens with zero attached hydrogens (tertiary/aromatic N) is 2. The van der Waals surface area contributed by atoms with Crippen LogP contribution in [0.3, 0.4) is 0 Å². The SMILES string of the molecule is COc1ccn2c(-c3ccc(/C=C(\C#N)C(=O)O)s3)c(-c3ccccc3)c(C)c2c1. The molecule has 0 aliphatic rings. The van der Waals surface area contributed by atoms with Gasteiger partial charge < -0.3 is 14.2 Å². The van der Waals surface area contributed by atoms with Crippen LogP contribution in [-0.2, 0) is 4.79 Å². The molecule has 0 saturated heterocycles. The molecule has 0 aliphatic carbocycles. The summed E-state index contributed by atoms with van der Waals surface area (Å²) in [6.45, 7) is 2.09. The summed E-state index contributed by atoms with van der Waals surface area (Å²) in [6.07, 6.45) is 3.39. The fourth-order valence-corrected chi connectivity index (χ4v) is 4.56. The van der Waals surface area contributed by atoms with Crippen LogP contribution in [0.25, 0.3) is 33.3 Å². The molecule has 0 atom stereocenters. The summed E-state index contributed by atoms with van der Waals surface area (Å²) in [4.78, 5) is 12.9. The maximum atomic E-state index is 11.2. The number of carboxylic acids is 1. The molecule has 1 N–H and O–H groups in total. The van der Waals surface area contributed by atoms with E-state index < -0.39 is 5.97 Å². The monoisotopic (exact) mass is 414 g/mol. The van der Waals surface area contributed by atoms with Crippen molar-refractivity contribution in [2.75, 3.05) is 7.11 Å². The maximum Gasteiger partial charge on any atom is 0.346 e. The number of rotatable bonds is 5. The third-order valence-corrected chi connectivity index (χ3v) is 6.00. The molecule has 0 bridgehead atoms. The third kappa shape index (κ3) is 3.36. The zero-order valence-electron chi connectivity index (χ0n) is 16.4. The van der Waals surface area contributed by atoms with Crippen LogP contribution in [0.15, 0.2) is 66.4 Å². The van der Waals surface area contributed by atoms with Gasteiger partial charge in [-0.15, -0.1) is 11.3 Å². The van der Waals surface area contributed by atoms with Crippen molar-refractivity contribution in [2.45, 2.75) is 6.92 Å². The van der Waals surface area contributed by atoms with E-state index in [2.05, 4.69) is 23.5 Å². The molecular weight excluding hydrogens is 396 g/mol. The van der Waals surface area contributed by atoms with Gasteiger partial charge in [-0.25, -0.2) is 4.79 Å². The number of carboxylic acid groups (broad SMARTS) is 1. The number of aliphatic carboxylic acids is 1. The predicted octanol–water partition coefficient (Wildman–Crippen LogP) is 5.64. The Morgan fingerprint density at radius 2 is 1.97 bits per heavy atom. The predicted molar refractivity (Wildman–Crippen MR) is 119 cm³/mol. The highest BCUT2D eigenvalue weighted by Gasteiger charge is 2.20. The van der Waals surface area contributed by atoms with Gasteiger partial charge >= 0.3 is 5.97 Å². The molecule has 0 fully saturated rings. The fraction of sp³-hybridized carbons (Fsp3) is 0.0833. The van der Waals surface area contributed by atoms with E-state index in [1.807, 2.05) is 48.7 Å². The van der Waals surface area contributed by atoms with Crippen LogP contribution < -0.4 is 4.74 Å². The van der Waals surface area contributed by atoms with Crippen molar-refractivity contribution in [1.29, 1.82) is 5.26 Å². The van der Waals surface area contributed by atoms with Crippen LogP contribution in [0.1, 0.15) is 10.4 Å². The highest BCUT2D eigenvalue weighted by Crippen LogP contribution is 2.42. The van der Waals surface area contributed by atoms with Gasteiger partial charge in [-0.1, -0.05) is 30.3 Å². The van der Waals surface area contributed by atoms with E-state index in [0.717, 1.165) is 38.5 Å². The number of benzene rings is 1. The van der Waals surface area contributed by atoms with Gasteiger partial charge in [0.05, 0.1) is 23.2 Å². The van der Waals surface area contributed by atoms with Gasteiger partial charge in [0, 0.05) is 22.7 Å². The minimum absolute atomic E-state index is 0.285. The molecule has 4 rings (SSSR count). The Kier molecular flexibility index (Phi) is 5.13. The van der Waals surface area contributed by atoms with E-state index in [1.165, 1.54) is 17.4 Å². The topological polar surface area (TPSA) is 74.7 Å². The molecule has 30 heavy (non-hydrogen) atoms. The summed E-state index contributed by atoms with van der Waals surface area (Å²) in [5.74, 6) is -0.447. The first-order valence-corrected chi connectivity index (χ1v) is 10.0. The van der Waals surface area contributed by atoms with Gasteiger partial charge in [0.2, 0.25) is 0 Å². The second kappa shape index (κ2) is 7.90. The van der Waals surface area contributed by atoms with Gasteiger partial charge in [-0.2, -0.15) is 5.26 Å². The highest BCUT2D eigenvalue weighted by molar-refractivity contribution is 7.16. The Hall–Kier alpha value is -3.82. The smallest absolute Gasteiger partial charge is 0.346 e. The first kappa shape index (κ1) is 19.5. The standard InChI is InChI=1S/C24H18N2O3S/c1-15-20-13-18(29-2)10-11-26(20)23(22(15)16-6-4-3-5-7-16)21-9-8-19(30-21)12-17(14-25)24(27)28/h3-13H,1-2H3,(H,27,28)/b17-12+. The van der Waals surface area contributed by atoms with Gasteiger partial charge in [0.15, 0.2) is 0 Å². The molecule has 6 heteroatoms. The molecule has 0 aliphatic heterocycles. The number of hydrogen-bond donors (Lipinski definition) is 1. The van der Waals surface area contributed by atoms with Gasteiger partial charge in [0.25, 0.3) is 0 Å². The molecule has 148 valence electrons. The second-order valence-corrected chi connectivity index (χ2v) is 7.83. The van der Waals surface area contributed by atoms with Crippen molar-refractivity contribution in [3.63, 3.8) is 0 Å². The Labute approximate surface area is 177 Å². The first-order valence-electron chi connectivity index (χ1n) is 9.23. The quantitative estimate of drug-likeness (QED) is 0.339. The largest absolute Gasteiger partial charge is 0.497 e. The van der Waals surface area contributed by atoms with Gasteiger partial charge in [0.1, 0.15) is 17.4 Å². The molecule has 4 aromatic rings. The highest BCUT2D eigenvalue weighted by atomic mass is 32.1. The van der Waals surface area contributed by atoms with Crippen molar-refractivity contribution in [2.24, 2.45) is 0 Å². The Morgan fingerprint density at radius 3 is 2.63 bits per heavy atom. The van der Waals surface area contributed by atoms with Crippen molar-refractivity contribution in [3.8, 4) is 33.5 Å². The average molecular weight is 414 g/mol. The van der Waals surface area contributed by atoms with E-state index in [-0.39, 0.29) is 5.57 Å². The first-order chi connectivity index (χ1) is 14.5. The number of nitriles is 1. The van der Waals surface area contributed by atoms with Crippen molar-refractivity contribution in [3.05, 3.63) is 76.8 Å². The number of pyridine rings is 1. The summed E-state index contributed by atoms with van der Waals surface area (Å²) < 4.78 is 7.54. The number of ether oxygens (including phenoxy) is 1. The van der Waals surface area contributed by atoms with Crippen molar-refractivity contribution < 1.29 is 14.6 Å². The van der Waals surface area contributed by atoms with Crippen LogP contribution in [0, 0.1) is 18.3 Å². The van der Waals surface area contributed by atoms with Gasteiger partial charge in [-0.05, 0) is 42.3 Å². The van der Waals surface area contributed by atoms with Crippen LogP contribution in [-0.4, -0.2) is 22.6 Å². The summed E-state index contributed by atoms with van der Waals surface area (Å²) in [5, 5.41) is 18.2. The third-order valence-electron chi connectivity index (χ3n) is 4.96. The average Bonchev–Trinajstić information content (AvgIpc) is 3.34. The molecule has 0 spiro atoms. The molecule has 5 nitrogen and oxygen atoms in total. The lowest BCUT2D eigenvalue weighted by Crippen LogP contribution is -1.96. The normalized spacial score (nSPS) is 11.4. The van der Waals surface area contributed by atoms with Crippen molar-refractivity contribution in [1.82, 2.24) is 4.40 Å². The number of aromatic nitrogens is 1. The molecule has 3 heterocycles. The number of thiophene rings is 1. The molecule has 1 aromatic carbocycles. The Morgan fingerprint density at radius 1 is 1.20 bits per heavy atom. The lowest BCUT2D eigenvalue weighted by atomic mass is 10.0. The lowest BCUT2D eigenvalue weighted by Gasteiger charge is -2.06. The second-order valence-electron chi connectivity index (χ2n) is 6.71. The minimum atomic E-state index is -1.23. The maximum absolute atomic E-state index is 11.2. The molecule has 3 aromatic heterocycles. The number of aryl methyl sites for hydroxylation is 1. The van der Waals surface area contributed by atoms with Crippen molar-refractivity contribution >= 4 is 28.9 Å². The summed E-state index contributed by atoms with van der Waals surface area (Å²) >= 11 is 1.45.